The lowest BCUT2D eigenvalue weighted by Crippen LogP contribution is -2.13. The second kappa shape index (κ2) is 2.67. The first-order valence-electron chi connectivity index (χ1n) is 4.83. The van der Waals surface area contributed by atoms with Crippen LogP contribution in [0.25, 0.3) is 5.69 Å². The molecule has 1 aliphatic rings. The summed E-state index contributed by atoms with van der Waals surface area (Å²) in [5.41, 5.74) is 3.88. The Hall–Kier alpha value is -1.64. The molecule has 0 radical (unpaired) electrons. The molecule has 70 valence electrons. The van der Waals surface area contributed by atoms with Gasteiger partial charge in [0.15, 0.2) is 0 Å². The molecule has 0 amide bonds. The Morgan fingerprint density at radius 2 is 2.21 bits per heavy atom. The zero-order chi connectivity index (χ0) is 9.54. The number of rotatable bonds is 0. The SMILES string of the molecule is Cc1ccc2c(c1)CCc1ncnn1-2. The Morgan fingerprint density at radius 3 is 3.14 bits per heavy atom. The molecule has 1 aromatic heterocycles. The van der Waals surface area contributed by atoms with Crippen molar-refractivity contribution in [1.29, 1.82) is 0 Å². The molecule has 0 saturated heterocycles. The molecule has 0 bridgehead atoms. The summed E-state index contributed by atoms with van der Waals surface area (Å²) in [5, 5.41) is 4.23. The van der Waals surface area contributed by atoms with Gasteiger partial charge in [-0.1, -0.05) is 17.7 Å². The first-order chi connectivity index (χ1) is 6.84. The van der Waals surface area contributed by atoms with E-state index in [4.69, 9.17) is 0 Å². The van der Waals surface area contributed by atoms with Crippen molar-refractivity contribution in [2.75, 3.05) is 0 Å². The molecular weight excluding hydrogens is 174 g/mol. The van der Waals surface area contributed by atoms with Crippen LogP contribution in [0.2, 0.25) is 0 Å². The monoisotopic (exact) mass is 185 g/mol. The van der Waals surface area contributed by atoms with E-state index in [1.54, 1.807) is 6.33 Å². The highest BCUT2D eigenvalue weighted by atomic mass is 15.3. The second-order valence-corrected chi connectivity index (χ2v) is 3.72. The summed E-state index contributed by atoms with van der Waals surface area (Å²) in [7, 11) is 0. The Bertz CT molecular complexity index is 485. The lowest BCUT2D eigenvalue weighted by atomic mass is 10.0. The standard InChI is InChI=1S/C11H11N3/c1-8-2-4-10-9(6-8)3-5-11-12-7-13-14(10)11/h2,4,6-7H,3,5H2,1H3. The van der Waals surface area contributed by atoms with E-state index in [-0.39, 0.29) is 0 Å². The number of aromatic nitrogens is 3. The quantitative estimate of drug-likeness (QED) is 0.625. The average Bonchev–Trinajstić information content (AvgIpc) is 2.65. The molecule has 0 aliphatic carbocycles. The van der Waals surface area contributed by atoms with Crippen molar-refractivity contribution < 1.29 is 0 Å². The van der Waals surface area contributed by atoms with E-state index in [2.05, 4.69) is 35.2 Å². The van der Waals surface area contributed by atoms with Gasteiger partial charge >= 0.3 is 0 Å². The number of hydrogen-bond donors (Lipinski definition) is 0. The Kier molecular flexibility index (Phi) is 1.48. The summed E-state index contributed by atoms with van der Waals surface area (Å²) >= 11 is 0. The maximum absolute atomic E-state index is 4.23. The van der Waals surface area contributed by atoms with Gasteiger partial charge in [0.1, 0.15) is 12.2 Å². The fraction of sp³-hybridized carbons (Fsp3) is 0.273. The maximum Gasteiger partial charge on any atom is 0.138 e. The van der Waals surface area contributed by atoms with Crippen molar-refractivity contribution in [1.82, 2.24) is 14.8 Å². The van der Waals surface area contributed by atoms with Crippen LogP contribution in [0.3, 0.4) is 0 Å². The molecule has 0 atom stereocenters. The van der Waals surface area contributed by atoms with Crippen LogP contribution in [-0.2, 0) is 12.8 Å². The van der Waals surface area contributed by atoms with Crippen molar-refractivity contribution in [2.45, 2.75) is 19.8 Å². The number of fused-ring (bicyclic) bond motifs is 3. The maximum atomic E-state index is 4.23. The highest BCUT2D eigenvalue weighted by molar-refractivity contribution is 5.45. The lowest BCUT2D eigenvalue weighted by Gasteiger charge is -2.16. The molecule has 3 heteroatoms. The summed E-state index contributed by atoms with van der Waals surface area (Å²) in [4.78, 5) is 4.23. The van der Waals surface area contributed by atoms with Crippen LogP contribution in [0.1, 0.15) is 17.0 Å². The van der Waals surface area contributed by atoms with Gasteiger partial charge in [-0.25, -0.2) is 9.67 Å². The van der Waals surface area contributed by atoms with E-state index in [9.17, 15) is 0 Å². The molecule has 14 heavy (non-hydrogen) atoms. The molecule has 0 N–H and O–H groups in total. The topological polar surface area (TPSA) is 30.7 Å². The number of benzene rings is 1. The molecule has 1 aromatic carbocycles. The smallest absolute Gasteiger partial charge is 0.138 e. The summed E-state index contributed by atoms with van der Waals surface area (Å²) in [6.07, 6.45) is 3.70. The van der Waals surface area contributed by atoms with Crippen molar-refractivity contribution in [2.24, 2.45) is 0 Å². The van der Waals surface area contributed by atoms with E-state index in [0.29, 0.717) is 0 Å². The predicted octanol–water partition coefficient (Wildman–Crippen LogP) is 1.67. The van der Waals surface area contributed by atoms with E-state index in [0.717, 1.165) is 18.7 Å². The lowest BCUT2D eigenvalue weighted by molar-refractivity contribution is 0.722. The van der Waals surface area contributed by atoms with Crippen LogP contribution in [0.15, 0.2) is 24.5 Å². The third kappa shape index (κ3) is 0.985. The molecule has 0 spiro atoms. The van der Waals surface area contributed by atoms with E-state index >= 15 is 0 Å². The zero-order valence-corrected chi connectivity index (χ0v) is 8.07. The van der Waals surface area contributed by atoms with Crippen LogP contribution in [0.4, 0.5) is 0 Å². The van der Waals surface area contributed by atoms with Gasteiger partial charge in [0.05, 0.1) is 5.69 Å². The largest absolute Gasteiger partial charge is 0.220 e. The number of nitrogens with zero attached hydrogens (tertiary/aromatic N) is 3. The number of aryl methyl sites for hydroxylation is 3. The first-order valence-corrected chi connectivity index (χ1v) is 4.83. The molecular formula is C11H11N3. The molecule has 0 unspecified atom stereocenters. The zero-order valence-electron chi connectivity index (χ0n) is 8.07. The molecule has 0 saturated carbocycles. The van der Waals surface area contributed by atoms with Gasteiger partial charge in [-0.3, -0.25) is 0 Å². The van der Waals surface area contributed by atoms with Crippen LogP contribution >= 0.6 is 0 Å². The highest BCUT2D eigenvalue weighted by Crippen LogP contribution is 2.23. The Morgan fingerprint density at radius 1 is 1.29 bits per heavy atom. The summed E-state index contributed by atoms with van der Waals surface area (Å²) in [5.74, 6) is 1.07. The third-order valence-electron chi connectivity index (χ3n) is 2.70. The summed E-state index contributed by atoms with van der Waals surface area (Å²) in [6.45, 7) is 2.12. The van der Waals surface area contributed by atoms with Crippen molar-refractivity contribution in [3.63, 3.8) is 0 Å². The van der Waals surface area contributed by atoms with E-state index in [1.807, 2.05) is 4.68 Å². The molecule has 2 aromatic rings. The molecule has 1 aliphatic heterocycles. The van der Waals surface area contributed by atoms with Gasteiger partial charge in [-0.15, -0.1) is 0 Å². The third-order valence-corrected chi connectivity index (χ3v) is 2.70. The minimum Gasteiger partial charge on any atom is -0.220 e. The normalized spacial score (nSPS) is 13.5. The number of hydrogen-bond acceptors (Lipinski definition) is 2. The van der Waals surface area contributed by atoms with Crippen LogP contribution in [0.5, 0.6) is 0 Å². The van der Waals surface area contributed by atoms with Gasteiger partial charge in [-0.05, 0) is 25.0 Å². The fourth-order valence-electron chi connectivity index (χ4n) is 2.00. The minimum absolute atomic E-state index is 0.996. The van der Waals surface area contributed by atoms with E-state index in [1.165, 1.54) is 16.8 Å². The molecule has 3 nitrogen and oxygen atoms in total. The predicted molar refractivity (Wildman–Crippen MR) is 53.5 cm³/mol. The summed E-state index contributed by atoms with van der Waals surface area (Å²) in [6, 6.07) is 6.48. The van der Waals surface area contributed by atoms with Crippen molar-refractivity contribution in [3.05, 3.63) is 41.5 Å². The van der Waals surface area contributed by atoms with Crippen molar-refractivity contribution in [3.8, 4) is 5.69 Å². The van der Waals surface area contributed by atoms with Crippen molar-refractivity contribution >= 4 is 0 Å². The minimum atomic E-state index is 0.996. The van der Waals surface area contributed by atoms with Gasteiger partial charge in [0.2, 0.25) is 0 Å². The van der Waals surface area contributed by atoms with E-state index < -0.39 is 0 Å². The van der Waals surface area contributed by atoms with Crippen LogP contribution in [-0.4, -0.2) is 14.8 Å². The van der Waals surface area contributed by atoms with Gasteiger partial charge in [-0.2, -0.15) is 5.10 Å². The Labute approximate surface area is 82.4 Å². The highest BCUT2D eigenvalue weighted by Gasteiger charge is 2.16. The van der Waals surface area contributed by atoms with Gasteiger partial charge in [0.25, 0.3) is 0 Å². The molecule has 2 heterocycles. The van der Waals surface area contributed by atoms with Crippen LogP contribution in [0, 0.1) is 6.92 Å². The second-order valence-electron chi connectivity index (χ2n) is 3.72. The fourth-order valence-corrected chi connectivity index (χ4v) is 2.00. The molecule has 0 fully saturated rings. The average molecular weight is 185 g/mol. The van der Waals surface area contributed by atoms with Gasteiger partial charge in [0, 0.05) is 6.42 Å². The molecule has 3 rings (SSSR count). The summed E-state index contributed by atoms with van der Waals surface area (Å²) < 4.78 is 1.94. The van der Waals surface area contributed by atoms with Crippen LogP contribution < -0.4 is 0 Å². The van der Waals surface area contributed by atoms with Gasteiger partial charge < -0.3 is 0 Å². The first kappa shape index (κ1) is 7.74. The Balaban J connectivity index is 2.26.